The summed E-state index contributed by atoms with van der Waals surface area (Å²) in [4.78, 5) is 0.772. The second-order valence-electron chi connectivity index (χ2n) is 4.19. The SMILES string of the molecule is Cc1cc(Cl)c(C=CC(=S)c2ccccc2)cc1Cl. The fourth-order valence-electron chi connectivity index (χ4n) is 1.65. The lowest BCUT2D eigenvalue weighted by Crippen LogP contribution is -1.91. The molecule has 0 atom stereocenters. The molecule has 0 aliphatic heterocycles. The number of halogens is 2. The van der Waals surface area contributed by atoms with Crippen molar-refractivity contribution in [2.24, 2.45) is 0 Å². The minimum Gasteiger partial charge on any atom is -0.0840 e. The maximum atomic E-state index is 6.18. The van der Waals surface area contributed by atoms with Crippen LogP contribution in [0.3, 0.4) is 0 Å². The predicted octanol–water partition coefficient (Wildman–Crippen LogP) is 5.73. The molecule has 2 rings (SSSR count). The number of rotatable bonds is 3. The summed E-state index contributed by atoms with van der Waals surface area (Å²) in [5.74, 6) is 0. The van der Waals surface area contributed by atoms with Gasteiger partial charge in [0.05, 0.1) is 0 Å². The van der Waals surface area contributed by atoms with Crippen LogP contribution in [0.25, 0.3) is 6.08 Å². The molecule has 0 aliphatic rings. The molecule has 0 spiro atoms. The van der Waals surface area contributed by atoms with Crippen molar-refractivity contribution in [1.82, 2.24) is 0 Å². The van der Waals surface area contributed by atoms with Crippen LogP contribution in [0.1, 0.15) is 16.7 Å². The Balaban J connectivity index is 2.24. The average Bonchev–Trinajstić information content (AvgIpc) is 2.42. The standard InChI is InChI=1S/C16H12Cl2S/c1-11-9-15(18)13(10-14(11)17)7-8-16(19)12-5-3-2-4-6-12/h2-10H,1H3. The summed E-state index contributed by atoms with van der Waals surface area (Å²) >= 11 is 17.6. The van der Waals surface area contributed by atoms with Gasteiger partial charge in [-0.25, -0.2) is 0 Å². The normalized spacial score (nSPS) is 10.9. The van der Waals surface area contributed by atoms with Gasteiger partial charge in [-0.2, -0.15) is 0 Å². The fourth-order valence-corrected chi connectivity index (χ4v) is 2.31. The van der Waals surface area contributed by atoms with Gasteiger partial charge in [0.15, 0.2) is 0 Å². The second kappa shape index (κ2) is 6.33. The Labute approximate surface area is 128 Å². The molecule has 2 aromatic rings. The van der Waals surface area contributed by atoms with Gasteiger partial charge in [0.25, 0.3) is 0 Å². The highest BCUT2D eigenvalue weighted by atomic mass is 35.5. The first-order valence-electron chi connectivity index (χ1n) is 5.81. The fraction of sp³-hybridized carbons (Fsp3) is 0.0625. The third kappa shape index (κ3) is 3.66. The molecule has 0 aliphatic carbocycles. The van der Waals surface area contributed by atoms with E-state index in [1.54, 1.807) is 0 Å². The van der Waals surface area contributed by atoms with Crippen molar-refractivity contribution in [3.05, 3.63) is 75.3 Å². The Morgan fingerprint density at radius 3 is 2.42 bits per heavy atom. The molecule has 0 unspecified atom stereocenters. The molecule has 0 saturated heterocycles. The van der Waals surface area contributed by atoms with Gasteiger partial charge in [0.1, 0.15) is 0 Å². The predicted molar refractivity (Wildman–Crippen MR) is 88.4 cm³/mol. The lowest BCUT2D eigenvalue weighted by Gasteiger charge is -2.03. The van der Waals surface area contributed by atoms with E-state index in [1.807, 2.05) is 61.5 Å². The van der Waals surface area contributed by atoms with Gasteiger partial charge < -0.3 is 0 Å². The maximum absolute atomic E-state index is 6.18. The van der Waals surface area contributed by atoms with Crippen LogP contribution < -0.4 is 0 Å². The number of allylic oxidation sites excluding steroid dienone is 1. The zero-order valence-corrected chi connectivity index (χ0v) is 12.7. The molecule has 2 aromatic carbocycles. The van der Waals surface area contributed by atoms with Crippen LogP contribution in [0.15, 0.2) is 48.5 Å². The maximum Gasteiger partial charge on any atom is 0.0482 e. The first-order chi connectivity index (χ1) is 9.08. The molecular weight excluding hydrogens is 295 g/mol. The highest BCUT2D eigenvalue weighted by molar-refractivity contribution is 7.81. The van der Waals surface area contributed by atoms with E-state index < -0.39 is 0 Å². The van der Waals surface area contributed by atoms with Crippen molar-refractivity contribution in [3.63, 3.8) is 0 Å². The average molecular weight is 307 g/mol. The molecular formula is C16H12Cl2S. The third-order valence-corrected chi connectivity index (χ3v) is 3.86. The number of hydrogen-bond donors (Lipinski definition) is 0. The Morgan fingerprint density at radius 2 is 1.74 bits per heavy atom. The highest BCUT2D eigenvalue weighted by Crippen LogP contribution is 2.25. The number of thiocarbonyl (C=S) groups is 1. The summed E-state index contributed by atoms with van der Waals surface area (Å²) in [6.45, 7) is 1.93. The minimum atomic E-state index is 0.675. The van der Waals surface area contributed by atoms with Crippen molar-refractivity contribution < 1.29 is 0 Å². The number of benzene rings is 2. The Morgan fingerprint density at radius 1 is 1.05 bits per heavy atom. The molecule has 0 aromatic heterocycles. The van der Waals surface area contributed by atoms with Crippen LogP contribution in [0.4, 0.5) is 0 Å². The molecule has 0 bridgehead atoms. The van der Waals surface area contributed by atoms with Crippen LogP contribution in [0.5, 0.6) is 0 Å². The van der Waals surface area contributed by atoms with E-state index >= 15 is 0 Å². The summed E-state index contributed by atoms with van der Waals surface area (Å²) in [5, 5.41) is 1.38. The summed E-state index contributed by atoms with van der Waals surface area (Å²) in [6.07, 6.45) is 3.76. The quantitative estimate of drug-likeness (QED) is 0.396. The molecule has 3 heteroatoms. The van der Waals surface area contributed by atoms with Crippen LogP contribution in [0, 0.1) is 6.92 Å². The summed E-state index contributed by atoms with van der Waals surface area (Å²) in [6, 6.07) is 13.6. The summed E-state index contributed by atoms with van der Waals surface area (Å²) < 4.78 is 0. The molecule has 0 N–H and O–H groups in total. The molecule has 0 saturated carbocycles. The lowest BCUT2D eigenvalue weighted by molar-refractivity contribution is 1.46. The first-order valence-corrected chi connectivity index (χ1v) is 6.97. The van der Waals surface area contributed by atoms with Crippen LogP contribution >= 0.6 is 35.4 Å². The smallest absolute Gasteiger partial charge is 0.0482 e. The van der Waals surface area contributed by atoms with E-state index in [0.717, 1.165) is 21.6 Å². The van der Waals surface area contributed by atoms with Crippen molar-refractivity contribution in [2.45, 2.75) is 6.92 Å². The first kappa shape index (κ1) is 14.3. The molecule has 0 radical (unpaired) electrons. The Hall–Kier alpha value is -1.15. The number of hydrogen-bond acceptors (Lipinski definition) is 1. The molecule has 0 amide bonds. The molecule has 96 valence electrons. The van der Waals surface area contributed by atoms with Crippen molar-refractivity contribution in [2.75, 3.05) is 0 Å². The van der Waals surface area contributed by atoms with Crippen LogP contribution in [-0.4, -0.2) is 4.86 Å². The van der Waals surface area contributed by atoms with Gasteiger partial charge in [0.2, 0.25) is 0 Å². The summed E-state index contributed by atoms with van der Waals surface area (Å²) in [5.41, 5.74) is 2.85. The van der Waals surface area contributed by atoms with Crippen molar-refractivity contribution in [3.8, 4) is 0 Å². The van der Waals surface area contributed by atoms with E-state index in [-0.39, 0.29) is 0 Å². The van der Waals surface area contributed by atoms with Crippen molar-refractivity contribution in [1.29, 1.82) is 0 Å². The monoisotopic (exact) mass is 306 g/mol. The topological polar surface area (TPSA) is 0 Å². The molecule has 0 heterocycles. The highest BCUT2D eigenvalue weighted by Gasteiger charge is 2.02. The lowest BCUT2D eigenvalue weighted by atomic mass is 10.1. The van der Waals surface area contributed by atoms with E-state index in [0.29, 0.717) is 10.0 Å². The molecule has 19 heavy (non-hydrogen) atoms. The molecule has 0 fully saturated rings. The van der Waals surface area contributed by atoms with Crippen LogP contribution in [-0.2, 0) is 0 Å². The Bertz CT molecular complexity index is 631. The van der Waals surface area contributed by atoms with E-state index in [2.05, 4.69) is 0 Å². The minimum absolute atomic E-state index is 0.675. The largest absolute Gasteiger partial charge is 0.0840 e. The van der Waals surface area contributed by atoms with Gasteiger partial charge in [-0.05, 0) is 41.8 Å². The van der Waals surface area contributed by atoms with Gasteiger partial charge in [-0.1, -0.05) is 71.8 Å². The Kier molecular flexibility index (Phi) is 4.76. The third-order valence-electron chi connectivity index (χ3n) is 2.75. The van der Waals surface area contributed by atoms with E-state index in [9.17, 15) is 0 Å². The van der Waals surface area contributed by atoms with Crippen molar-refractivity contribution >= 4 is 46.4 Å². The van der Waals surface area contributed by atoms with E-state index in [1.165, 1.54) is 0 Å². The van der Waals surface area contributed by atoms with Crippen LogP contribution in [0.2, 0.25) is 10.0 Å². The van der Waals surface area contributed by atoms with E-state index in [4.69, 9.17) is 35.4 Å². The van der Waals surface area contributed by atoms with Gasteiger partial charge in [-0.15, -0.1) is 0 Å². The molecule has 0 nitrogen and oxygen atoms in total. The zero-order valence-electron chi connectivity index (χ0n) is 10.4. The second-order valence-corrected chi connectivity index (χ2v) is 5.44. The zero-order chi connectivity index (χ0) is 13.8. The number of aryl methyl sites for hydroxylation is 1. The summed E-state index contributed by atoms with van der Waals surface area (Å²) in [7, 11) is 0. The van der Waals surface area contributed by atoms with Gasteiger partial charge in [0, 0.05) is 14.9 Å². The van der Waals surface area contributed by atoms with Gasteiger partial charge >= 0.3 is 0 Å². The van der Waals surface area contributed by atoms with Gasteiger partial charge in [-0.3, -0.25) is 0 Å².